The zero-order valence-electron chi connectivity index (χ0n) is 24.0. The first-order valence-corrected chi connectivity index (χ1v) is 13.0. The minimum Gasteiger partial charge on any atom is -0.508 e. The number of nitrogens with zero attached hydrogens (tertiary/aromatic N) is 1. The quantitative estimate of drug-likeness (QED) is 0.172. The number of aliphatic hydroxyl groups excluding tert-OH is 1. The zero-order chi connectivity index (χ0) is 32.5. The van der Waals surface area contributed by atoms with Crippen LogP contribution in [0.15, 0.2) is 55.1 Å². The van der Waals surface area contributed by atoms with Crippen molar-refractivity contribution in [3.8, 4) is 5.75 Å². The summed E-state index contributed by atoms with van der Waals surface area (Å²) in [6, 6.07) is 6.62. The third-order valence-electron chi connectivity index (χ3n) is 5.44. The maximum absolute atomic E-state index is 13.6. The maximum atomic E-state index is 13.6. The third-order valence-corrected chi connectivity index (χ3v) is 5.44. The Hall–Kier alpha value is -4.00. The highest BCUT2D eigenvalue weighted by molar-refractivity contribution is 5.97. The van der Waals surface area contributed by atoms with Crippen LogP contribution < -0.4 is 10.6 Å². The predicted octanol–water partition coefficient (Wildman–Crippen LogP) is 4.48. The minimum atomic E-state index is -4.66. The molecule has 2 atom stereocenters. The number of amides is 3. The Bertz CT molecular complexity index is 1160. The first-order chi connectivity index (χ1) is 19.8. The van der Waals surface area contributed by atoms with Crippen molar-refractivity contribution in [2.24, 2.45) is 0 Å². The second kappa shape index (κ2) is 19.2. The van der Waals surface area contributed by atoms with Crippen molar-refractivity contribution in [1.29, 1.82) is 0 Å². The summed E-state index contributed by atoms with van der Waals surface area (Å²) in [7, 11) is 0. The summed E-state index contributed by atoms with van der Waals surface area (Å²) in [4.78, 5) is 38.1. The van der Waals surface area contributed by atoms with Gasteiger partial charge in [-0.3, -0.25) is 18.8 Å². The molecule has 4 N–H and O–H groups in total. The molecule has 234 valence electrons. The molecule has 0 saturated carbocycles. The van der Waals surface area contributed by atoms with E-state index in [-0.39, 0.29) is 35.7 Å². The van der Waals surface area contributed by atoms with Crippen LogP contribution in [0.2, 0.25) is 0 Å². The van der Waals surface area contributed by atoms with E-state index in [1.165, 1.54) is 44.2 Å². The Morgan fingerprint density at radius 1 is 1.10 bits per heavy atom. The van der Waals surface area contributed by atoms with Crippen molar-refractivity contribution in [3.05, 3.63) is 77.4 Å². The first-order valence-electron chi connectivity index (χ1n) is 13.0. The van der Waals surface area contributed by atoms with Crippen LogP contribution in [0.1, 0.15) is 47.8 Å². The molecular weight excluding hydrogens is 565 g/mol. The average Bonchev–Trinajstić information content (AvgIpc) is 2.96. The van der Waals surface area contributed by atoms with E-state index in [4.69, 9.17) is 0 Å². The lowest BCUT2D eigenvalue weighted by atomic mass is 9.97. The fraction of sp³-hybridized carbons (Fsp3) is 0.414. The molecule has 0 fully saturated rings. The van der Waals surface area contributed by atoms with Crippen molar-refractivity contribution >= 4 is 17.7 Å². The summed E-state index contributed by atoms with van der Waals surface area (Å²) in [6.45, 7) is 7.91. The molecule has 0 radical (unpaired) electrons. The number of halogens is 5. The molecule has 0 bridgehead atoms. The Kier molecular flexibility index (Phi) is 17.4. The minimum absolute atomic E-state index is 0.0140. The molecule has 0 aliphatic heterocycles. The number of alkyl halides is 5. The highest BCUT2D eigenvalue weighted by atomic mass is 19.4. The topological polar surface area (TPSA) is 119 Å². The third kappa shape index (κ3) is 12.2. The number of phenols is 1. The van der Waals surface area contributed by atoms with E-state index in [0.29, 0.717) is 4.90 Å². The van der Waals surface area contributed by atoms with Gasteiger partial charge in [-0.05, 0) is 44.0 Å². The van der Waals surface area contributed by atoms with E-state index >= 15 is 0 Å². The van der Waals surface area contributed by atoms with Crippen LogP contribution in [0.25, 0.3) is 0 Å². The average molecular weight is 604 g/mol. The summed E-state index contributed by atoms with van der Waals surface area (Å²) < 4.78 is 63.4. The fourth-order valence-corrected chi connectivity index (χ4v) is 3.44. The van der Waals surface area contributed by atoms with E-state index < -0.39 is 61.4 Å². The van der Waals surface area contributed by atoms with Gasteiger partial charge in [-0.15, -0.1) is 6.58 Å². The van der Waals surface area contributed by atoms with E-state index in [2.05, 4.69) is 17.2 Å². The number of phenolic OH excluding ortho intramolecular Hbond substituents is 1. The summed E-state index contributed by atoms with van der Waals surface area (Å²) in [5.41, 5.74) is -0.790. The van der Waals surface area contributed by atoms with Gasteiger partial charge in [0.2, 0.25) is 5.91 Å². The number of aliphatic hydroxyl groups is 1. The molecule has 3 amide bonds. The number of aromatic hydroxyl groups is 1. The Morgan fingerprint density at radius 2 is 1.69 bits per heavy atom. The number of hydrogen-bond donors (Lipinski definition) is 4. The molecule has 2 aromatic rings. The van der Waals surface area contributed by atoms with Crippen LogP contribution in [0.3, 0.4) is 0 Å². The number of nitrogens with one attached hydrogen (secondary N) is 2. The predicted molar refractivity (Wildman–Crippen MR) is 149 cm³/mol. The Balaban J connectivity index is 0.00000315. The molecule has 0 aromatic heterocycles. The lowest BCUT2D eigenvalue weighted by Gasteiger charge is -2.28. The summed E-state index contributed by atoms with van der Waals surface area (Å²) >= 11 is 0. The SMILES string of the molecule is C=CCNC(=O)CN(CF)C(=O)C(O)C(Cc1cccc(C(F)(F)F)c1)NC(=O)c1cccc(O)c1C.CC.CCF. The maximum Gasteiger partial charge on any atom is 0.416 e. The van der Waals surface area contributed by atoms with Gasteiger partial charge in [0.15, 0.2) is 12.9 Å². The van der Waals surface area contributed by atoms with E-state index in [1.54, 1.807) is 0 Å². The molecule has 13 heteroatoms. The van der Waals surface area contributed by atoms with Gasteiger partial charge in [0, 0.05) is 17.7 Å². The molecule has 0 spiro atoms. The Morgan fingerprint density at radius 3 is 2.24 bits per heavy atom. The lowest BCUT2D eigenvalue weighted by molar-refractivity contribution is -0.146. The highest BCUT2D eigenvalue weighted by Gasteiger charge is 2.34. The van der Waals surface area contributed by atoms with E-state index in [9.17, 15) is 46.5 Å². The Labute approximate surface area is 242 Å². The normalized spacial score (nSPS) is 11.9. The summed E-state index contributed by atoms with van der Waals surface area (Å²) in [6.07, 6.45) is -5.87. The van der Waals surface area contributed by atoms with Crippen molar-refractivity contribution in [3.63, 3.8) is 0 Å². The van der Waals surface area contributed by atoms with E-state index in [0.717, 1.165) is 18.2 Å². The summed E-state index contributed by atoms with van der Waals surface area (Å²) in [5, 5.41) is 25.4. The van der Waals surface area contributed by atoms with Crippen LogP contribution in [0, 0.1) is 6.92 Å². The van der Waals surface area contributed by atoms with Gasteiger partial charge in [0.05, 0.1) is 18.3 Å². The van der Waals surface area contributed by atoms with Gasteiger partial charge < -0.3 is 25.7 Å². The number of benzene rings is 2. The molecule has 8 nitrogen and oxygen atoms in total. The van der Waals surface area contributed by atoms with Crippen molar-refractivity contribution in [2.45, 2.75) is 52.4 Å². The van der Waals surface area contributed by atoms with Crippen LogP contribution in [-0.2, 0) is 22.2 Å². The highest BCUT2D eigenvalue weighted by Crippen LogP contribution is 2.30. The lowest BCUT2D eigenvalue weighted by Crippen LogP contribution is -2.54. The fourth-order valence-electron chi connectivity index (χ4n) is 3.44. The molecule has 2 rings (SSSR count). The second-order valence-corrected chi connectivity index (χ2v) is 8.39. The van der Waals surface area contributed by atoms with Crippen LogP contribution in [-0.4, -0.2) is 71.5 Å². The molecule has 42 heavy (non-hydrogen) atoms. The van der Waals surface area contributed by atoms with Gasteiger partial charge in [-0.2, -0.15) is 13.2 Å². The number of hydrogen-bond acceptors (Lipinski definition) is 5. The molecule has 0 heterocycles. The van der Waals surface area contributed by atoms with Crippen LogP contribution in [0.4, 0.5) is 22.0 Å². The van der Waals surface area contributed by atoms with Crippen molar-refractivity contribution < 1.29 is 46.5 Å². The van der Waals surface area contributed by atoms with Gasteiger partial charge in [0.25, 0.3) is 11.8 Å². The molecular formula is C29H38F5N3O5. The van der Waals surface area contributed by atoms with Crippen molar-refractivity contribution in [2.75, 3.05) is 26.6 Å². The molecule has 2 aromatic carbocycles. The molecule has 2 unspecified atom stereocenters. The zero-order valence-corrected chi connectivity index (χ0v) is 24.0. The van der Waals surface area contributed by atoms with Gasteiger partial charge >= 0.3 is 6.18 Å². The number of carbonyl (C=O) groups is 3. The van der Waals surface area contributed by atoms with Gasteiger partial charge in [-0.1, -0.05) is 44.2 Å². The summed E-state index contributed by atoms with van der Waals surface area (Å²) in [5.74, 6) is -3.05. The number of carbonyl (C=O) groups excluding carboxylic acids is 3. The number of rotatable bonds is 11. The van der Waals surface area contributed by atoms with Gasteiger partial charge in [0.1, 0.15) is 12.3 Å². The monoisotopic (exact) mass is 603 g/mol. The smallest absolute Gasteiger partial charge is 0.416 e. The molecule has 0 aliphatic rings. The molecule has 0 saturated heterocycles. The van der Waals surface area contributed by atoms with Gasteiger partial charge in [-0.25, -0.2) is 4.39 Å². The van der Waals surface area contributed by atoms with Crippen molar-refractivity contribution in [1.82, 2.24) is 15.5 Å². The standard InChI is InChI=1S/C25H27F4N3O5.C2H5F.C2H6/c1-3-10-30-21(34)13-32(14-26)24(37)22(35)19(12-16-6-4-7-17(11-16)25(27,28)29)31-23(36)18-8-5-9-20(33)15(18)2;1-2-3;1-2/h3-9,11,19,22,33,35H,1,10,12-14H2,2H3,(H,30,34)(H,31,36);2H2,1H3;1-2H3. The van der Waals surface area contributed by atoms with E-state index in [1.807, 2.05) is 13.8 Å². The van der Waals surface area contributed by atoms with Crippen LogP contribution >= 0.6 is 0 Å². The molecule has 0 aliphatic carbocycles. The largest absolute Gasteiger partial charge is 0.508 e. The second-order valence-electron chi connectivity index (χ2n) is 8.39. The van der Waals surface area contributed by atoms with Crippen LogP contribution in [0.5, 0.6) is 5.75 Å². The first kappa shape index (κ1) is 38.0.